The molecule has 0 aromatic carbocycles. The number of fused-ring (bicyclic) bond motifs is 1. The molecule has 5 rings (SSSR count). The van der Waals surface area contributed by atoms with E-state index >= 15 is 0 Å². The largest absolute Gasteiger partial charge is 0.491 e. The minimum absolute atomic E-state index is 0.234. The molecule has 1 N–H and O–H groups in total. The highest BCUT2D eigenvalue weighted by Gasteiger charge is 2.26. The van der Waals surface area contributed by atoms with Crippen LogP contribution in [0.15, 0.2) is 36.7 Å². The summed E-state index contributed by atoms with van der Waals surface area (Å²) in [7, 11) is 0. The number of pyridine rings is 2. The van der Waals surface area contributed by atoms with Crippen molar-refractivity contribution in [2.75, 3.05) is 25.1 Å². The average molecular weight is 406 g/mol. The van der Waals surface area contributed by atoms with Crippen molar-refractivity contribution in [3.8, 4) is 5.75 Å². The Morgan fingerprint density at radius 2 is 1.93 bits per heavy atom. The minimum atomic E-state index is -0.234. The Hall–Kier alpha value is -2.93. The van der Waals surface area contributed by atoms with Gasteiger partial charge in [-0.15, -0.1) is 0 Å². The highest BCUT2D eigenvalue weighted by atomic mass is 16.5. The fourth-order valence-electron chi connectivity index (χ4n) is 3.97. The van der Waals surface area contributed by atoms with Crippen LogP contribution in [0.1, 0.15) is 66.3 Å². The SMILES string of the molecule is CCOc1cc2nc(C3CCOCC3)cn2cc1NC(=O)c1cccc(C2CC2)n1. The maximum Gasteiger partial charge on any atom is 0.274 e. The van der Waals surface area contributed by atoms with Gasteiger partial charge in [0.25, 0.3) is 5.91 Å². The smallest absolute Gasteiger partial charge is 0.274 e. The summed E-state index contributed by atoms with van der Waals surface area (Å²) in [5.41, 5.74) is 3.91. The second-order valence-corrected chi connectivity index (χ2v) is 7.98. The zero-order chi connectivity index (χ0) is 20.5. The maximum absolute atomic E-state index is 12.9. The number of nitrogens with zero attached hydrogens (tertiary/aromatic N) is 3. The van der Waals surface area contributed by atoms with Crippen LogP contribution in [0.4, 0.5) is 5.69 Å². The molecular formula is C23H26N4O3. The summed E-state index contributed by atoms with van der Waals surface area (Å²) >= 11 is 0. The van der Waals surface area contributed by atoms with Gasteiger partial charge in [0, 0.05) is 49.2 Å². The first-order chi connectivity index (χ1) is 14.7. The van der Waals surface area contributed by atoms with E-state index in [2.05, 4.69) is 10.3 Å². The van der Waals surface area contributed by atoms with Gasteiger partial charge in [0.2, 0.25) is 0 Å². The van der Waals surface area contributed by atoms with Crippen LogP contribution in [0.3, 0.4) is 0 Å². The van der Waals surface area contributed by atoms with Gasteiger partial charge in [-0.25, -0.2) is 9.97 Å². The molecule has 3 aromatic heterocycles. The Labute approximate surface area is 175 Å². The van der Waals surface area contributed by atoms with Crippen LogP contribution in [0.2, 0.25) is 0 Å². The molecule has 2 fully saturated rings. The molecule has 7 heteroatoms. The molecule has 7 nitrogen and oxygen atoms in total. The highest BCUT2D eigenvalue weighted by Crippen LogP contribution is 2.39. The monoisotopic (exact) mass is 406 g/mol. The van der Waals surface area contributed by atoms with Gasteiger partial charge in [0.15, 0.2) is 0 Å². The summed E-state index contributed by atoms with van der Waals surface area (Å²) in [6, 6.07) is 7.53. The third-order valence-electron chi connectivity index (χ3n) is 5.76. The molecule has 4 heterocycles. The van der Waals surface area contributed by atoms with Crippen LogP contribution < -0.4 is 10.1 Å². The Kier molecular flexibility index (Phi) is 5.12. The number of amides is 1. The summed E-state index contributed by atoms with van der Waals surface area (Å²) in [4.78, 5) is 22.2. The number of anilines is 1. The molecule has 0 spiro atoms. The van der Waals surface area contributed by atoms with E-state index in [1.54, 1.807) is 6.07 Å². The second-order valence-electron chi connectivity index (χ2n) is 7.98. The number of carbonyl (C=O) groups is 1. The normalized spacial score (nSPS) is 17.2. The topological polar surface area (TPSA) is 77.8 Å². The predicted octanol–water partition coefficient (Wildman–Crippen LogP) is 4.15. The summed E-state index contributed by atoms with van der Waals surface area (Å²) in [6.07, 6.45) is 8.18. The van der Waals surface area contributed by atoms with Crippen molar-refractivity contribution < 1.29 is 14.3 Å². The first-order valence-corrected chi connectivity index (χ1v) is 10.7. The number of ether oxygens (including phenoxy) is 2. The van der Waals surface area contributed by atoms with E-state index in [0.29, 0.717) is 35.6 Å². The third kappa shape index (κ3) is 3.89. The van der Waals surface area contributed by atoms with Crippen LogP contribution in [0.5, 0.6) is 5.75 Å². The zero-order valence-electron chi connectivity index (χ0n) is 17.1. The van der Waals surface area contributed by atoms with Gasteiger partial charge < -0.3 is 19.2 Å². The lowest BCUT2D eigenvalue weighted by molar-refractivity contribution is 0.0846. The number of nitrogens with one attached hydrogen (secondary N) is 1. The molecule has 1 aliphatic heterocycles. The van der Waals surface area contributed by atoms with Crippen molar-refractivity contribution in [3.63, 3.8) is 0 Å². The highest BCUT2D eigenvalue weighted by molar-refractivity contribution is 6.03. The molecular weight excluding hydrogens is 380 g/mol. The zero-order valence-corrected chi connectivity index (χ0v) is 17.1. The average Bonchev–Trinajstić information content (AvgIpc) is 3.55. The Morgan fingerprint density at radius 3 is 2.70 bits per heavy atom. The molecule has 3 aromatic rings. The predicted molar refractivity (Wildman–Crippen MR) is 113 cm³/mol. The van der Waals surface area contributed by atoms with Gasteiger partial charge in [-0.05, 0) is 44.7 Å². The molecule has 0 atom stereocenters. The lowest BCUT2D eigenvalue weighted by atomic mass is 9.97. The minimum Gasteiger partial charge on any atom is -0.491 e. The molecule has 1 saturated carbocycles. The number of imidazole rings is 1. The Balaban J connectivity index is 1.43. The van der Waals surface area contributed by atoms with Crippen LogP contribution in [-0.2, 0) is 4.74 Å². The van der Waals surface area contributed by atoms with Gasteiger partial charge in [-0.3, -0.25) is 4.79 Å². The fraction of sp³-hybridized carbons (Fsp3) is 0.435. The molecule has 0 bridgehead atoms. The first kappa shape index (κ1) is 19.1. The quantitative estimate of drug-likeness (QED) is 0.665. The second kappa shape index (κ2) is 8.07. The van der Waals surface area contributed by atoms with Crippen molar-refractivity contribution in [1.82, 2.24) is 14.4 Å². The number of hydrogen-bond acceptors (Lipinski definition) is 5. The van der Waals surface area contributed by atoms with Gasteiger partial charge in [-0.2, -0.15) is 0 Å². The number of rotatable bonds is 6. The van der Waals surface area contributed by atoms with Crippen molar-refractivity contribution in [2.24, 2.45) is 0 Å². The van der Waals surface area contributed by atoms with Crippen molar-refractivity contribution in [3.05, 3.63) is 53.7 Å². The summed E-state index contributed by atoms with van der Waals surface area (Å²) in [5.74, 6) is 1.28. The lowest BCUT2D eigenvalue weighted by Gasteiger charge is -2.19. The van der Waals surface area contributed by atoms with E-state index in [1.807, 2.05) is 41.9 Å². The van der Waals surface area contributed by atoms with Gasteiger partial charge in [-0.1, -0.05) is 6.07 Å². The van der Waals surface area contributed by atoms with Crippen LogP contribution in [-0.4, -0.2) is 40.1 Å². The molecule has 30 heavy (non-hydrogen) atoms. The van der Waals surface area contributed by atoms with Gasteiger partial charge in [0.1, 0.15) is 22.8 Å². The summed E-state index contributed by atoms with van der Waals surface area (Å²) in [6.45, 7) is 3.98. The van der Waals surface area contributed by atoms with Crippen LogP contribution in [0.25, 0.3) is 5.65 Å². The summed E-state index contributed by atoms with van der Waals surface area (Å²) in [5, 5.41) is 2.98. The number of aromatic nitrogens is 3. The van der Waals surface area contributed by atoms with E-state index in [9.17, 15) is 4.79 Å². The molecule has 2 aliphatic rings. The van der Waals surface area contributed by atoms with E-state index < -0.39 is 0 Å². The molecule has 0 radical (unpaired) electrons. The van der Waals surface area contributed by atoms with E-state index in [-0.39, 0.29) is 5.91 Å². The van der Waals surface area contributed by atoms with Crippen molar-refractivity contribution in [1.29, 1.82) is 0 Å². The van der Waals surface area contributed by atoms with Crippen molar-refractivity contribution in [2.45, 2.75) is 44.4 Å². The fourth-order valence-corrected chi connectivity index (χ4v) is 3.97. The third-order valence-corrected chi connectivity index (χ3v) is 5.76. The van der Waals surface area contributed by atoms with Crippen LogP contribution in [0, 0.1) is 0 Å². The van der Waals surface area contributed by atoms with Gasteiger partial charge >= 0.3 is 0 Å². The van der Waals surface area contributed by atoms with Gasteiger partial charge in [0.05, 0.1) is 12.3 Å². The number of carbonyl (C=O) groups excluding carboxylic acids is 1. The van der Waals surface area contributed by atoms with E-state index in [1.165, 1.54) is 0 Å². The molecule has 1 amide bonds. The molecule has 1 aliphatic carbocycles. The summed E-state index contributed by atoms with van der Waals surface area (Å²) < 4.78 is 13.2. The van der Waals surface area contributed by atoms with Crippen molar-refractivity contribution >= 4 is 17.2 Å². The molecule has 1 saturated heterocycles. The Morgan fingerprint density at radius 1 is 1.13 bits per heavy atom. The maximum atomic E-state index is 12.9. The van der Waals surface area contributed by atoms with E-state index in [4.69, 9.17) is 14.5 Å². The lowest BCUT2D eigenvalue weighted by Crippen LogP contribution is -2.15. The van der Waals surface area contributed by atoms with E-state index in [0.717, 1.165) is 55.9 Å². The molecule has 156 valence electrons. The molecule has 0 unspecified atom stereocenters. The Bertz CT molecular complexity index is 1070. The first-order valence-electron chi connectivity index (χ1n) is 10.7. The number of hydrogen-bond donors (Lipinski definition) is 1. The standard InChI is InChI=1S/C23H26N4O3/c1-2-30-21-12-22-25-19(16-8-10-29-11-9-16)13-27(22)14-20(21)26-23(28)18-5-3-4-17(24-18)15-6-7-15/h3-5,12-16H,2,6-11H2,1H3,(H,26,28). The van der Waals surface area contributed by atoms with Crippen LogP contribution >= 0.6 is 0 Å².